The smallest absolute Gasteiger partial charge is 0.362 e. The van der Waals surface area contributed by atoms with Crippen LogP contribution < -0.4 is 0 Å². The van der Waals surface area contributed by atoms with E-state index < -0.39 is 17.4 Å². The van der Waals surface area contributed by atoms with Gasteiger partial charge in [0.2, 0.25) is 0 Å². The Morgan fingerprint density at radius 3 is 2.67 bits per heavy atom. The lowest BCUT2D eigenvalue weighted by Crippen LogP contribution is -2.25. The molecule has 3 aromatic rings. The fourth-order valence-corrected chi connectivity index (χ4v) is 2.94. The van der Waals surface area contributed by atoms with Crippen molar-refractivity contribution in [1.82, 2.24) is 4.98 Å². The number of aromatic nitrogens is 1. The molecule has 0 bridgehead atoms. The van der Waals surface area contributed by atoms with Crippen LogP contribution in [0, 0.1) is 6.92 Å². The third-order valence-electron chi connectivity index (χ3n) is 4.13. The maximum Gasteiger partial charge on any atom is 0.362 e. The first-order valence-electron chi connectivity index (χ1n) is 7.74. The van der Waals surface area contributed by atoms with E-state index >= 15 is 0 Å². The fraction of sp³-hybridized carbons (Fsp3) is 0.263. The van der Waals surface area contributed by atoms with Crippen LogP contribution in [0.2, 0.25) is 0 Å². The van der Waals surface area contributed by atoms with Gasteiger partial charge in [-0.05, 0) is 18.1 Å². The van der Waals surface area contributed by atoms with Crippen molar-refractivity contribution in [3.8, 4) is 0 Å². The van der Waals surface area contributed by atoms with E-state index in [0.717, 1.165) is 11.1 Å². The van der Waals surface area contributed by atoms with Crippen LogP contribution in [-0.4, -0.2) is 16.9 Å². The number of aryl methyl sites for hydroxylation is 1. The van der Waals surface area contributed by atoms with Crippen LogP contribution in [0.5, 0.6) is 0 Å². The summed E-state index contributed by atoms with van der Waals surface area (Å²) in [7, 11) is 0. The summed E-state index contributed by atoms with van der Waals surface area (Å²) in [5.74, 6) is -1.26. The van der Waals surface area contributed by atoms with Crippen molar-refractivity contribution in [2.24, 2.45) is 0 Å². The fourth-order valence-electron chi connectivity index (χ4n) is 2.94. The SMILES string of the molecule is Cc1ccccc1C(C)(C)CC(=O)OC(=O)c1cc2occc2[nH]1. The number of carbonyl (C=O) groups is 2. The zero-order valence-corrected chi connectivity index (χ0v) is 13.9. The van der Waals surface area contributed by atoms with E-state index in [2.05, 4.69) is 4.98 Å². The Morgan fingerprint density at radius 2 is 1.96 bits per heavy atom. The third-order valence-corrected chi connectivity index (χ3v) is 4.13. The molecule has 3 rings (SSSR count). The van der Waals surface area contributed by atoms with Crippen molar-refractivity contribution in [3.05, 3.63) is 59.5 Å². The minimum atomic E-state index is -0.702. The van der Waals surface area contributed by atoms with E-state index in [-0.39, 0.29) is 12.1 Å². The van der Waals surface area contributed by atoms with Crippen LogP contribution in [0.4, 0.5) is 0 Å². The lowest BCUT2D eigenvalue weighted by atomic mass is 9.79. The van der Waals surface area contributed by atoms with Crippen LogP contribution in [-0.2, 0) is 14.9 Å². The molecule has 0 fully saturated rings. The van der Waals surface area contributed by atoms with E-state index in [0.29, 0.717) is 11.1 Å². The lowest BCUT2D eigenvalue weighted by Gasteiger charge is -2.25. The molecule has 1 N–H and O–H groups in total. The number of aromatic amines is 1. The molecule has 0 aliphatic heterocycles. The van der Waals surface area contributed by atoms with E-state index in [9.17, 15) is 9.59 Å². The monoisotopic (exact) mass is 325 g/mol. The van der Waals surface area contributed by atoms with E-state index in [1.165, 1.54) is 12.3 Å². The molecule has 0 atom stereocenters. The van der Waals surface area contributed by atoms with Gasteiger partial charge in [0.05, 0.1) is 18.2 Å². The molecular weight excluding hydrogens is 306 g/mol. The van der Waals surface area contributed by atoms with Crippen LogP contribution in [0.1, 0.15) is 41.9 Å². The number of fused-ring (bicyclic) bond motifs is 1. The quantitative estimate of drug-likeness (QED) is 0.578. The van der Waals surface area contributed by atoms with Gasteiger partial charge in [-0.25, -0.2) is 4.79 Å². The number of hydrogen-bond donors (Lipinski definition) is 1. The summed E-state index contributed by atoms with van der Waals surface area (Å²) in [5, 5.41) is 0. The maximum absolute atomic E-state index is 12.2. The first-order chi connectivity index (χ1) is 11.4. The van der Waals surface area contributed by atoms with Crippen molar-refractivity contribution >= 4 is 23.0 Å². The molecule has 0 spiro atoms. The summed E-state index contributed by atoms with van der Waals surface area (Å²) in [6.07, 6.45) is 1.63. The van der Waals surface area contributed by atoms with Crippen LogP contribution in [0.25, 0.3) is 11.1 Å². The molecule has 0 amide bonds. The lowest BCUT2D eigenvalue weighted by molar-refractivity contribution is -0.139. The first-order valence-corrected chi connectivity index (χ1v) is 7.74. The number of H-pyrrole nitrogens is 1. The molecule has 24 heavy (non-hydrogen) atoms. The zero-order valence-electron chi connectivity index (χ0n) is 13.9. The molecule has 0 unspecified atom stereocenters. The molecule has 0 aliphatic rings. The second-order valence-corrected chi connectivity index (χ2v) is 6.52. The molecule has 5 heteroatoms. The molecule has 2 aromatic heterocycles. The second kappa shape index (κ2) is 6.00. The first kappa shape index (κ1) is 16.1. The van der Waals surface area contributed by atoms with Crippen molar-refractivity contribution in [2.75, 3.05) is 0 Å². The number of carbonyl (C=O) groups excluding carboxylic acids is 2. The Morgan fingerprint density at radius 1 is 1.21 bits per heavy atom. The Bertz CT molecular complexity index is 872. The van der Waals surface area contributed by atoms with Gasteiger partial charge in [0, 0.05) is 17.5 Å². The van der Waals surface area contributed by atoms with Gasteiger partial charge in [-0.15, -0.1) is 0 Å². The summed E-state index contributed by atoms with van der Waals surface area (Å²) < 4.78 is 10.2. The summed E-state index contributed by atoms with van der Waals surface area (Å²) in [6.45, 7) is 5.92. The Kier molecular flexibility index (Phi) is 4.01. The third kappa shape index (κ3) is 3.11. The largest absolute Gasteiger partial charge is 0.463 e. The van der Waals surface area contributed by atoms with Gasteiger partial charge in [0.15, 0.2) is 5.58 Å². The van der Waals surface area contributed by atoms with Gasteiger partial charge >= 0.3 is 11.9 Å². The van der Waals surface area contributed by atoms with Crippen LogP contribution in [0.15, 0.2) is 47.1 Å². The van der Waals surface area contributed by atoms with Crippen molar-refractivity contribution in [1.29, 1.82) is 0 Å². The minimum Gasteiger partial charge on any atom is -0.463 e. The molecule has 124 valence electrons. The number of hydrogen-bond acceptors (Lipinski definition) is 4. The highest BCUT2D eigenvalue weighted by molar-refractivity contribution is 5.98. The molecule has 1 aromatic carbocycles. The maximum atomic E-state index is 12.2. The Hall–Kier alpha value is -2.82. The van der Waals surface area contributed by atoms with E-state index in [1.54, 1.807) is 6.07 Å². The highest BCUT2D eigenvalue weighted by Crippen LogP contribution is 2.30. The van der Waals surface area contributed by atoms with Gasteiger partial charge < -0.3 is 14.1 Å². The molecule has 0 radical (unpaired) electrons. The zero-order chi connectivity index (χ0) is 17.3. The normalized spacial score (nSPS) is 11.6. The van der Waals surface area contributed by atoms with Crippen molar-refractivity contribution < 1.29 is 18.7 Å². The van der Waals surface area contributed by atoms with Gasteiger partial charge in [-0.2, -0.15) is 0 Å². The number of rotatable bonds is 4. The van der Waals surface area contributed by atoms with Crippen molar-refractivity contribution in [2.45, 2.75) is 32.6 Å². The summed E-state index contributed by atoms with van der Waals surface area (Å²) in [5.41, 5.74) is 3.18. The predicted octanol–water partition coefficient (Wildman–Crippen LogP) is 4.12. The Labute approximate surface area is 139 Å². The number of nitrogens with one attached hydrogen (secondary N) is 1. The molecular formula is C19H19NO4. The molecule has 0 saturated heterocycles. The predicted molar refractivity (Wildman–Crippen MR) is 89.8 cm³/mol. The summed E-state index contributed by atoms with van der Waals surface area (Å²) in [6, 6.07) is 11.1. The van der Waals surface area contributed by atoms with E-state index in [1.807, 2.05) is 45.0 Å². The topological polar surface area (TPSA) is 72.3 Å². The average Bonchev–Trinajstić information content (AvgIpc) is 3.07. The number of benzene rings is 1. The summed E-state index contributed by atoms with van der Waals surface area (Å²) in [4.78, 5) is 27.2. The van der Waals surface area contributed by atoms with Gasteiger partial charge in [-0.1, -0.05) is 38.1 Å². The standard InChI is InChI=1S/C19H19NO4/c1-12-6-4-5-7-13(12)19(2,3)11-17(21)24-18(22)15-10-16-14(20-15)8-9-23-16/h4-10,20H,11H2,1-3H3. The number of esters is 2. The average molecular weight is 325 g/mol. The molecule has 2 heterocycles. The van der Waals surface area contributed by atoms with Crippen LogP contribution >= 0.6 is 0 Å². The highest BCUT2D eigenvalue weighted by atomic mass is 16.6. The number of ether oxygens (including phenoxy) is 1. The van der Waals surface area contributed by atoms with E-state index in [4.69, 9.17) is 9.15 Å². The molecule has 0 aliphatic carbocycles. The Balaban J connectivity index is 1.69. The number of furan rings is 1. The van der Waals surface area contributed by atoms with Crippen LogP contribution in [0.3, 0.4) is 0 Å². The molecule has 5 nitrogen and oxygen atoms in total. The highest BCUT2D eigenvalue weighted by Gasteiger charge is 2.28. The van der Waals surface area contributed by atoms with Gasteiger partial charge in [-0.3, -0.25) is 4.79 Å². The van der Waals surface area contributed by atoms with Gasteiger partial charge in [0.1, 0.15) is 5.69 Å². The van der Waals surface area contributed by atoms with Gasteiger partial charge in [0.25, 0.3) is 0 Å². The minimum absolute atomic E-state index is 0.112. The van der Waals surface area contributed by atoms with Crippen molar-refractivity contribution in [3.63, 3.8) is 0 Å². The second-order valence-electron chi connectivity index (χ2n) is 6.52. The molecule has 0 saturated carbocycles. The summed E-state index contributed by atoms with van der Waals surface area (Å²) >= 11 is 0.